The van der Waals surface area contributed by atoms with Crippen molar-refractivity contribution in [3.8, 4) is 0 Å². The molecule has 1 unspecified atom stereocenters. The Morgan fingerprint density at radius 1 is 1.55 bits per heavy atom. The van der Waals surface area contributed by atoms with Gasteiger partial charge in [-0.05, 0) is 25.8 Å². The number of nitrogens with one attached hydrogen (secondary N) is 1. The minimum Gasteiger partial charge on any atom is -0.377 e. The van der Waals surface area contributed by atoms with E-state index >= 15 is 0 Å². The van der Waals surface area contributed by atoms with Crippen LogP contribution in [0.3, 0.4) is 0 Å². The maximum atomic E-state index is 5.47. The predicted octanol–water partition coefficient (Wildman–Crippen LogP) is 1.58. The predicted molar refractivity (Wildman–Crippen MR) is 55.3 cm³/mol. The minimum absolute atomic E-state index is 0.504. The molecule has 1 rings (SSSR count). The van der Waals surface area contributed by atoms with Gasteiger partial charge in [-0.1, -0.05) is 22.6 Å². The first-order chi connectivity index (χ1) is 5.43. The average molecular weight is 269 g/mol. The van der Waals surface area contributed by atoms with Crippen molar-refractivity contribution < 1.29 is 4.74 Å². The van der Waals surface area contributed by atoms with Crippen LogP contribution in [-0.2, 0) is 4.74 Å². The van der Waals surface area contributed by atoms with Crippen LogP contribution in [0, 0.1) is 0 Å². The SMILES string of the molecule is ICCCNCC1CCCO1. The van der Waals surface area contributed by atoms with Crippen LogP contribution in [0.5, 0.6) is 0 Å². The van der Waals surface area contributed by atoms with Crippen molar-refractivity contribution in [1.82, 2.24) is 5.32 Å². The van der Waals surface area contributed by atoms with Crippen molar-refractivity contribution in [2.24, 2.45) is 0 Å². The molecule has 0 aromatic heterocycles. The fourth-order valence-electron chi connectivity index (χ4n) is 1.26. The van der Waals surface area contributed by atoms with Gasteiger partial charge in [0.05, 0.1) is 6.10 Å². The molecule has 1 aliphatic rings. The van der Waals surface area contributed by atoms with Gasteiger partial charge in [-0.25, -0.2) is 0 Å². The molecule has 0 amide bonds. The van der Waals surface area contributed by atoms with Crippen LogP contribution in [0.1, 0.15) is 19.3 Å². The summed E-state index contributed by atoms with van der Waals surface area (Å²) in [5.41, 5.74) is 0. The number of rotatable bonds is 5. The summed E-state index contributed by atoms with van der Waals surface area (Å²) in [6, 6.07) is 0. The van der Waals surface area contributed by atoms with E-state index in [0.717, 1.165) is 19.7 Å². The van der Waals surface area contributed by atoms with Crippen LogP contribution in [0.4, 0.5) is 0 Å². The number of halogens is 1. The van der Waals surface area contributed by atoms with Crippen molar-refractivity contribution >= 4 is 22.6 Å². The fraction of sp³-hybridized carbons (Fsp3) is 1.00. The lowest BCUT2D eigenvalue weighted by atomic mass is 10.2. The van der Waals surface area contributed by atoms with Crippen molar-refractivity contribution in [3.63, 3.8) is 0 Å². The van der Waals surface area contributed by atoms with E-state index in [0.29, 0.717) is 6.10 Å². The number of hydrogen-bond donors (Lipinski definition) is 1. The molecule has 0 aliphatic carbocycles. The zero-order chi connectivity index (χ0) is 7.94. The van der Waals surface area contributed by atoms with Crippen LogP contribution in [0.25, 0.3) is 0 Å². The maximum Gasteiger partial charge on any atom is 0.0700 e. The summed E-state index contributed by atoms with van der Waals surface area (Å²) in [4.78, 5) is 0. The lowest BCUT2D eigenvalue weighted by molar-refractivity contribution is 0.110. The monoisotopic (exact) mass is 269 g/mol. The molecule has 2 nitrogen and oxygen atoms in total. The molecule has 1 saturated heterocycles. The van der Waals surface area contributed by atoms with Gasteiger partial charge in [0, 0.05) is 17.6 Å². The Balaban J connectivity index is 1.86. The largest absolute Gasteiger partial charge is 0.377 e. The zero-order valence-electron chi connectivity index (χ0n) is 6.81. The molecule has 3 heteroatoms. The smallest absolute Gasteiger partial charge is 0.0700 e. The zero-order valence-corrected chi connectivity index (χ0v) is 8.97. The first-order valence-corrected chi connectivity index (χ1v) is 5.84. The number of hydrogen-bond acceptors (Lipinski definition) is 2. The summed E-state index contributed by atoms with van der Waals surface area (Å²) in [5, 5.41) is 3.40. The minimum atomic E-state index is 0.504. The maximum absolute atomic E-state index is 5.47. The Kier molecular flexibility index (Phi) is 5.49. The Hall–Kier alpha value is 0.650. The van der Waals surface area contributed by atoms with E-state index in [-0.39, 0.29) is 0 Å². The topological polar surface area (TPSA) is 21.3 Å². The lowest BCUT2D eigenvalue weighted by Crippen LogP contribution is -2.27. The van der Waals surface area contributed by atoms with Crippen LogP contribution < -0.4 is 5.32 Å². The molecule has 1 fully saturated rings. The van der Waals surface area contributed by atoms with Gasteiger partial charge in [0.1, 0.15) is 0 Å². The Morgan fingerprint density at radius 3 is 3.09 bits per heavy atom. The fourth-order valence-corrected chi connectivity index (χ4v) is 1.64. The van der Waals surface area contributed by atoms with E-state index in [1.807, 2.05) is 0 Å². The second-order valence-electron chi connectivity index (χ2n) is 2.88. The van der Waals surface area contributed by atoms with Gasteiger partial charge in [-0.15, -0.1) is 0 Å². The lowest BCUT2D eigenvalue weighted by Gasteiger charge is -2.09. The summed E-state index contributed by atoms with van der Waals surface area (Å²) in [6.07, 6.45) is 4.27. The van der Waals surface area contributed by atoms with Gasteiger partial charge in [-0.2, -0.15) is 0 Å². The van der Waals surface area contributed by atoms with Gasteiger partial charge < -0.3 is 10.1 Å². The van der Waals surface area contributed by atoms with Crippen molar-refractivity contribution in [2.45, 2.75) is 25.4 Å². The number of ether oxygens (including phenoxy) is 1. The van der Waals surface area contributed by atoms with Gasteiger partial charge in [0.2, 0.25) is 0 Å². The van der Waals surface area contributed by atoms with E-state index < -0.39 is 0 Å². The van der Waals surface area contributed by atoms with E-state index in [1.165, 1.54) is 23.7 Å². The molecule has 1 N–H and O–H groups in total. The molecule has 0 aromatic carbocycles. The van der Waals surface area contributed by atoms with Crippen molar-refractivity contribution in [2.75, 3.05) is 24.1 Å². The van der Waals surface area contributed by atoms with Gasteiger partial charge in [0.25, 0.3) is 0 Å². The van der Waals surface area contributed by atoms with Gasteiger partial charge in [0.15, 0.2) is 0 Å². The molecule has 0 aromatic rings. The molecule has 1 heterocycles. The normalized spacial score (nSPS) is 24.3. The quantitative estimate of drug-likeness (QED) is 0.465. The molecule has 0 bridgehead atoms. The third-order valence-corrected chi connectivity index (χ3v) is 2.65. The third kappa shape index (κ3) is 4.28. The highest BCUT2D eigenvalue weighted by Crippen LogP contribution is 2.10. The Morgan fingerprint density at radius 2 is 2.45 bits per heavy atom. The number of alkyl halides is 1. The van der Waals surface area contributed by atoms with E-state index in [2.05, 4.69) is 27.9 Å². The summed E-state index contributed by atoms with van der Waals surface area (Å²) in [6.45, 7) is 3.16. The van der Waals surface area contributed by atoms with Crippen molar-refractivity contribution in [1.29, 1.82) is 0 Å². The Labute approximate surface area is 82.2 Å². The van der Waals surface area contributed by atoms with E-state index in [9.17, 15) is 0 Å². The first kappa shape index (κ1) is 9.74. The molecule has 11 heavy (non-hydrogen) atoms. The van der Waals surface area contributed by atoms with Gasteiger partial charge in [-0.3, -0.25) is 0 Å². The first-order valence-electron chi connectivity index (χ1n) is 4.32. The van der Waals surface area contributed by atoms with Crippen LogP contribution in [0.2, 0.25) is 0 Å². The van der Waals surface area contributed by atoms with Crippen LogP contribution in [0.15, 0.2) is 0 Å². The highest BCUT2D eigenvalue weighted by Gasteiger charge is 2.13. The highest BCUT2D eigenvalue weighted by atomic mass is 127. The molecule has 0 spiro atoms. The summed E-state index contributed by atoms with van der Waals surface area (Å²) < 4.78 is 6.72. The second kappa shape index (κ2) is 6.20. The summed E-state index contributed by atoms with van der Waals surface area (Å²) in [5.74, 6) is 0. The van der Waals surface area contributed by atoms with Crippen LogP contribution >= 0.6 is 22.6 Å². The molecular weight excluding hydrogens is 253 g/mol. The average Bonchev–Trinajstić information content (AvgIpc) is 2.50. The standard InChI is InChI=1S/C8H16INO/c9-4-2-5-10-7-8-3-1-6-11-8/h8,10H,1-7H2. The molecule has 1 aliphatic heterocycles. The molecule has 0 saturated carbocycles. The third-order valence-electron chi connectivity index (χ3n) is 1.88. The molecule has 1 atom stereocenters. The summed E-state index contributed by atoms with van der Waals surface area (Å²) in [7, 11) is 0. The van der Waals surface area contributed by atoms with E-state index in [4.69, 9.17) is 4.74 Å². The van der Waals surface area contributed by atoms with Crippen molar-refractivity contribution in [3.05, 3.63) is 0 Å². The summed E-state index contributed by atoms with van der Waals surface area (Å²) >= 11 is 2.40. The van der Waals surface area contributed by atoms with Gasteiger partial charge >= 0.3 is 0 Å². The second-order valence-corrected chi connectivity index (χ2v) is 3.96. The van der Waals surface area contributed by atoms with Crippen LogP contribution in [-0.4, -0.2) is 30.2 Å². The highest BCUT2D eigenvalue weighted by molar-refractivity contribution is 14.1. The molecular formula is C8H16INO. The molecule has 0 radical (unpaired) electrons. The van der Waals surface area contributed by atoms with E-state index in [1.54, 1.807) is 0 Å². The molecule has 66 valence electrons. The Bertz CT molecular complexity index is 94.1.